The van der Waals surface area contributed by atoms with E-state index in [2.05, 4.69) is 0 Å². The molecule has 0 aliphatic heterocycles. The number of nitriles is 2. The maximum Gasteiger partial charge on any atom is 0.106 e. The number of hydrogen-bond donors (Lipinski definition) is 0. The van der Waals surface area contributed by atoms with E-state index in [0.29, 0.717) is 12.8 Å². The van der Waals surface area contributed by atoms with E-state index in [-0.39, 0.29) is 0 Å². The highest BCUT2D eigenvalue weighted by atomic mass is 16.1. The van der Waals surface area contributed by atoms with Crippen LogP contribution in [0.5, 0.6) is 0 Å². The first-order chi connectivity index (χ1) is 4.83. The van der Waals surface area contributed by atoms with Crippen LogP contribution in [0.15, 0.2) is 0 Å². The molecule has 0 saturated heterocycles. The van der Waals surface area contributed by atoms with E-state index in [1.807, 2.05) is 32.8 Å². The Hall–Kier alpha value is -1.35. The quantitative estimate of drug-likeness (QED) is 0.514. The Bertz CT molecular complexity index is 95.8. The molecule has 0 bridgehead atoms. The average molecular weight is 140 g/mol. The van der Waals surface area contributed by atoms with Crippen molar-refractivity contribution < 1.29 is 4.79 Å². The molecule has 0 spiro atoms. The minimum Gasteiger partial charge on any atom is -0.307 e. The van der Waals surface area contributed by atoms with Gasteiger partial charge in [-0.25, -0.2) is 0 Å². The van der Waals surface area contributed by atoms with Crippen LogP contribution in [0, 0.1) is 22.7 Å². The largest absolute Gasteiger partial charge is 0.307 e. The van der Waals surface area contributed by atoms with Crippen molar-refractivity contribution >= 4 is 6.79 Å². The second-order valence-electron chi connectivity index (χ2n) is 1.02. The van der Waals surface area contributed by atoms with E-state index in [9.17, 15) is 0 Å². The van der Waals surface area contributed by atoms with Crippen LogP contribution in [0.2, 0.25) is 0 Å². The molecule has 0 rings (SSSR count). The van der Waals surface area contributed by atoms with E-state index in [4.69, 9.17) is 15.3 Å². The van der Waals surface area contributed by atoms with Crippen molar-refractivity contribution in [2.24, 2.45) is 0 Å². The van der Waals surface area contributed by atoms with Gasteiger partial charge < -0.3 is 4.79 Å². The van der Waals surface area contributed by atoms with Crippen LogP contribution in [0.25, 0.3) is 0 Å². The van der Waals surface area contributed by atoms with Gasteiger partial charge >= 0.3 is 0 Å². The van der Waals surface area contributed by atoms with E-state index in [0.717, 1.165) is 0 Å². The first-order valence-corrected chi connectivity index (χ1v) is 2.86. The number of carbonyl (C=O) groups excluding carboxylic acids is 1. The summed E-state index contributed by atoms with van der Waals surface area (Å²) in [6.45, 7) is 5.64. The van der Waals surface area contributed by atoms with Crippen molar-refractivity contribution in [3.8, 4) is 12.1 Å². The summed E-state index contributed by atoms with van der Waals surface area (Å²) in [5, 5.41) is 15.2. The van der Waals surface area contributed by atoms with E-state index in [1.165, 1.54) is 0 Å². The molecular formula is C7H12N2O. The lowest BCUT2D eigenvalue weighted by Crippen LogP contribution is -1.38. The molecule has 56 valence electrons. The third kappa shape index (κ3) is 502. The van der Waals surface area contributed by atoms with Crippen molar-refractivity contribution in [1.29, 1.82) is 10.5 Å². The van der Waals surface area contributed by atoms with Gasteiger partial charge in [-0.1, -0.05) is 13.8 Å². The van der Waals surface area contributed by atoms with Crippen molar-refractivity contribution in [3.63, 3.8) is 0 Å². The summed E-state index contributed by atoms with van der Waals surface area (Å²) in [5.74, 6) is 0. The summed E-state index contributed by atoms with van der Waals surface area (Å²) in [6, 6.07) is 3.86. The molecule has 0 unspecified atom stereocenters. The SMILES string of the molecule is C=O.CCC#N.CCC#N. The standard InChI is InChI=1S/2C3H5N.CH2O/c2*1-2-3-4;1-2/h2*2H2,1H3;1H2. The summed E-state index contributed by atoms with van der Waals surface area (Å²) in [5.41, 5.74) is 0. The molecule has 0 aromatic heterocycles. The van der Waals surface area contributed by atoms with Crippen molar-refractivity contribution in [2.45, 2.75) is 26.7 Å². The highest BCUT2D eigenvalue weighted by Crippen LogP contribution is 1.58. The minimum atomic E-state index is 0.625. The van der Waals surface area contributed by atoms with Gasteiger partial charge in [-0.05, 0) is 0 Å². The molecule has 0 aromatic rings. The van der Waals surface area contributed by atoms with Gasteiger partial charge in [-0.2, -0.15) is 10.5 Å². The Kier molecular flexibility index (Phi) is 76.4. The lowest BCUT2D eigenvalue weighted by atomic mass is 10.6. The first kappa shape index (κ1) is 15.9. The predicted octanol–water partition coefficient (Wildman–Crippen LogP) is 1.66. The summed E-state index contributed by atoms with van der Waals surface area (Å²) in [7, 11) is 0. The molecule has 10 heavy (non-hydrogen) atoms. The minimum absolute atomic E-state index is 0.625. The van der Waals surface area contributed by atoms with Crippen LogP contribution >= 0.6 is 0 Å². The molecule has 0 aliphatic rings. The zero-order chi connectivity index (χ0) is 8.83. The van der Waals surface area contributed by atoms with Crippen molar-refractivity contribution in [2.75, 3.05) is 0 Å². The van der Waals surface area contributed by atoms with Gasteiger partial charge in [0.15, 0.2) is 0 Å². The number of carbonyl (C=O) groups is 1. The molecule has 3 heteroatoms. The fourth-order valence-electron chi connectivity index (χ4n) is 0. The lowest BCUT2D eigenvalue weighted by molar-refractivity contribution is -0.0979. The maximum absolute atomic E-state index is 8.00. The third-order valence-corrected chi connectivity index (χ3v) is 0.316. The Morgan fingerprint density at radius 3 is 1.20 bits per heavy atom. The van der Waals surface area contributed by atoms with E-state index in [1.54, 1.807) is 0 Å². The van der Waals surface area contributed by atoms with Crippen LogP contribution in [-0.4, -0.2) is 6.79 Å². The monoisotopic (exact) mass is 140 g/mol. The topological polar surface area (TPSA) is 64.7 Å². The number of rotatable bonds is 0. The molecule has 0 radical (unpaired) electrons. The van der Waals surface area contributed by atoms with Crippen LogP contribution in [0.4, 0.5) is 0 Å². The Labute approximate surface area is 61.9 Å². The highest BCUT2D eigenvalue weighted by molar-refractivity contribution is 5.10. The number of hydrogen-bond acceptors (Lipinski definition) is 3. The van der Waals surface area contributed by atoms with Gasteiger partial charge in [0, 0.05) is 12.8 Å². The zero-order valence-electron chi connectivity index (χ0n) is 6.42. The maximum atomic E-state index is 8.00. The van der Waals surface area contributed by atoms with Crippen molar-refractivity contribution in [3.05, 3.63) is 0 Å². The van der Waals surface area contributed by atoms with Gasteiger partial charge in [-0.3, -0.25) is 0 Å². The summed E-state index contributed by atoms with van der Waals surface area (Å²) in [4.78, 5) is 8.00. The Morgan fingerprint density at radius 2 is 1.20 bits per heavy atom. The lowest BCUT2D eigenvalue weighted by Gasteiger charge is -1.47. The summed E-state index contributed by atoms with van der Waals surface area (Å²) >= 11 is 0. The highest BCUT2D eigenvalue weighted by Gasteiger charge is 1.50. The Morgan fingerprint density at radius 1 is 1.10 bits per heavy atom. The van der Waals surface area contributed by atoms with Gasteiger partial charge in [0.25, 0.3) is 0 Å². The van der Waals surface area contributed by atoms with Crippen molar-refractivity contribution in [1.82, 2.24) is 0 Å². The predicted molar refractivity (Wildman–Crippen MR) is 38.9 cm³/mol. The summed E-state index contributed by atoms with van der Waals surface area (Å²) in [6.07, 6.45) is 1.25. The normalized spacial score (nSPS) is 4.40. The van der Waals surface area contributed by atoms with E-state index >= 15 is 0 Å². The zero-order valence-corrected chi connectivity index (χ0v) is 6.42. The van der Waals surface area contributed by atoms with Gasteiger partial charge in [0.1, 0.15) is 6.79 Å². The van der Waals surface area contributed by atoms with Crippen LogP contribution < -0.4 is 0 Å². The molecule has 0 N–H and O–H groups in total. The molecular weight excluding hydrogens is 128 g/mol. The van der Waals surface area contributed by atoms with Gasteiger partial charge in [0.2, 0.25) is 0 Å². The fraction of sp³-hybridized carbons (Fsp3) is 0.571. The summed E-state index contributed by atoms with van der Waals surface area (Å²) < 4.78 is 0. The molecule has 0 fully saturated rings. The van der Waals surface area contributed by atoms with Crippen LogP contribution in [0.1, 0.15) is 26.7 Å². The Balaban J connectivity index is -0.0000000787. The third-order valence-electron chi connectivity index (χ3n) is 0.316. The van der Waals surface area contributed by atoms with Crippen LogP contribution in [0.3, 0.4) is 0 Å². The molecule has 0 atom stereocenters. The molecule has 3 nitrogen and oxygen atoms in total. The second kappa shape index (κ2) is 48.2. The van der Waals surface area contributed by atoms with Crippen LogP contribution in [-0.2, 0) is 4.79 Å². The molecule has 0 heterocycles. The second-order valence-corrected chi connectivity index (χ2v) is 1.02. The molecule has 0 saturated carbocycles. The molecule has 0 aliphatic carbocycles. The fourth-order valence-corrected chi connectivity index (χ4v) is 0. The molecule has 0 aromatic carbocycles. The number of nitrogens with zero attached hydrogens (tertiary/aromatic N) is 2. The molecule has 0 amide bonds. The van der Waals surface area contributed by atoms with Gasteiger partial charge in [-0.15, -0.1) is 0 Å². The smallest absolute Gasteiger partial charge is 0.106 e. The van der Waals surface area contributed by atoms with Gasteiger partial charge in [0.05, 0.1) is 12.1 Å². The van der Waals surface area contributed by atoms with E-state index < -0.39 is 0 Å². The average Bonchev–Trinajstić information content (AvgIpc) is 2.08. The first-order valence-electron chi connectivity index (χ1n) is 2.86.